The molecule has 174 valence electrons. The zero-order chi connectivity index (χ0) is 24.4. The molecule has 0 radical (unpaired) electrons. The number of amides is 2. The zero-order valence-electron chi connectivity index (χ0n) is 18.5. The van der Waals surface area contributed by atoms with Gasteiger partial charge < -0.3 is 4.42 Å². The first-order valence-corrected chi connectivity index (χ1v) is 10.7. The van der Waals surface area contributed by atoms with Crippen LogP contribution in [0.3, 0.4) is 0 Å². The average molecular weight is 470 g/mol. The van der Waals surface area contributed by atoms with Crippen molar-refractivity contribution in [1.29, 1.82) is 0 Å². The molecule has 3 aromatic carbocycles. The number of carbonyl (C=O) groups is 2. The normalized spacial score (nSPS) is 10.9. The fourth-order valence-corrected chi connectivity index (χ4v) is 3.61. The quantitative estimate of drug-likeness (QED) is 0.379. The van der Waals surface area contributed by atoms with E-state index < -0.39 is 17.6 Å². The lowest BCUT2D eigenvalue weighted by Gasteiger charge is -2.07. The van der Waals surface area contributed by atoms with Crippen molar-refractivity contribution in [1.82, 2.24) is 31.1 Å². The van der Waals surface area contributed by atoms with Crippen LogP contribution in [0.2, 0.25) is 0 Å². The number of carbonyl (C=O) groups excluding carboxylic acids is 2. The van der Waals surface area contributed by atoms with Gasteiger partial charge in [-0.2, -0.15) is 4.80 Å². The second kappa shape index (κ2) is 9.18. The summed E-state index contributed by atoms with van der Waals surface area (Å²) in [4.78, 5) is 26.4. The van der Waals surface area contributed by atoms with Crippen molar-refractivity contribution in [2.24, 2.45) is 0 Å². The lowest BCUT2D eigenvalue weighted by molar-refractivity contribution is 0.0831. The second-order valence-electron chi connectivity index (χ2n) is 7.79. The van der Waals surface area contributed by atoms with Crippen molar-refractivity contribution in [2.75, 3.05) is 0 Å². The highest BCUT2D eigenvalue weighted by Crippen LogP contribution is 2.27. The van der Waals surface area contributed by atoms with Gasteiger partial charge in [0.25, 0.3) is 5.91 Å². The number of hydrogen-bond donors (Lipinski definition) is 2. The highest BCUT2D eigenvalue weighted by Gasteiger charge is 2.20. The van der Waals surface area contributed by atoms with E-state index >= 15 is 0 Å². The molecule has 2 heterocycles. The Hall–Kier alpha value is -4.86. The first-order valence-electron chi connectivity index (χ1n) is 10.7. The molecule has 0 atom stereocenters. The van der Waals surface area contributed by atoms with Crippen LogP contribution in [0.25, 0.3) is 22.4 Å². The van der Waals surface area contributed by atoms with Crippen LogP contribution < -0.4 is 10.9 Å². The minimum absolute atomic E-state index is 0.00479. The van der Waals surface area contributed by atoms with Crippen LogP contribution in [-0.4, -0.2) is 32.0 Å². The maximum Gasteiger partial charge on any atom is 0.305 e. The topological polar surface area (TPSA) is 115 Å². The lowest BCUT2D eigenvalue weighted by atomic mass is 10.1. The second-order valence-corrected chi connectivity index (χ2v) is 7.79. The number of benzene rings is 3. The van der Waals surface area contributed by atoms with Crippen LogP contribution in [0.5, 0.6) is 0 Å². The Morgan fingerprint density at radius 3 is 2.43 bits per heavy atom. The molecule has 0 aliphatic heterocycles. The average Bonchev–Trinajstić information content (AvgIpc) is 3.49. The maximum atomic E-state index is 13.9. The van der Waals surface area contributed by atoms with Crippen LogP contribution in [0.1, 0.15) is 32.0 Å². The molecule has 0 fully saturated rings. The maximum absolute atomic E-state index is 13.9. The molecule has 5 rings (SSSR count). The molecular formula is C25H19FN6O3. The molecule has 0 saturated heterocycles. The van der Waals surface area contributed by atoms with E-state index in [9.17, 15) is 14.0 Å². The van der Waals surface area contributed by atoms with Gasteiger partial charge in [-0.15, -0.1) is 10.2 Å². The third-order valence-corrected chi connectivity index (χ3v) is 5.44. The van der Waals surface area contributed by atoms with Crippen LogP contribution in [0.15, 0.2) is 77.2 Å². The third-order valence-electron chi connectivity index (χ3n) is 5.44. The van der Waals surface area contributed by atoms with Crippen LogP contribution in [0, 0.1) is 12.7 Å². The van der Waals surface area contributed by atoms with Gasteiger partial charge in [-0.05, 0) is 35.9 Å². The Morgan fingerprint density at radius 2 is 1.69 bits per heavy atom. The largest absolute Gasteiger partial charge is 0.447 e. The molecule has 9 nitrogen and oxygen atoms in total. The van der Waals surface area contributed by atoms with E-state index in [1.165, 1.54) is 16.9 Å². The van der Waals surface area contributed by atoms with Gasteiger partial charge in [0.1, 0.15) is 0 Å². The van der Waals surface area contributed by atoms with Gasteiger partial charge in [0.05, 0.1) is 6.54 Å². The van der Waals surface area contributed by atoms with Gasteiger partial charge >= 0.3 is 5.91 Å². The number of hydrazine groups is 1. The lowest BCUT2D eigenvalue weighted by Crippen LogP contribution is -2.41. The zero-order valence-corrected chi connectivity index (χ0v) is 18.5. The van der Waals surface area contributed by atoms with Crippen molar-refractivity contribution >= 4 is 22.8 Å². The third kappa shape index (κ3) is 4.49. The van der Waals surface area contributed by atoms with E-state index in [1.807, 2.05) is 30.3 Å². The smallest absolute Gasteiger partial charge is 0.305 e. The first kappa shape index (κ1) is 22.0. The number of fused-ring (bicyclic) bond motifs is 1. The molecule has 0 aliphatic carbocycles. The van der Waals surface area contributed by atoms with Crippen molar-refractivity contribution < 1.29 is 18.4 Å². The van der Waals surface area contributed by atoms with Crippen LogP contribution >= 0.6 is 0 Å². The summed E-state index contributed by atoms with van der Waals surface area (Å²) in [6, 6.07) is 20.7. The summed E-state index contributed by atoms with van der Waals surface area (Å²) in [5.41, 5.74) is 7.19. The number of para-hydroxylation sites is 1. The molecule has 2 aromatic heterocycles. The van der Waals surface area contributed by atoms with Crippen LogP contribution in [0.4, 0.5) is 4.39 Å². The Morgan fingerprint density at radius 1 is 0.943 bits per heavy atom. The molecular weight excluding hydrogens is 451 g/mol. The van der Waals surface area contributed by atoms with Gasteiger partial charge in [-0.3, -0.25) is 20.4 Å². The standard InChI is InChI=1S/C25H19FN6O3/c1-15-19-8-5-9-20(26)22(19)35-21(15)25(34)29-28-24(33)18-12-10-16(11-13-18)14-32-30-23(27-31-32)17-6-3-2-4-7-17/h2-13H,14H2,1H3,(H,28,33)(H,29,34). The SMILES string of the molecule is Cc1c(C(=O)NNC(=O)c2ccc(Cn3nnc(-c4ccccc4)n3)cc2)oc2c(F)cccc12. The van der Waals surface area contributed by atoms with Crippen molar-refractivity contribution in [2.45, 2.75) is 13.5 Å². The molecule has 10 heteroatoms. The number of nitrogens with one attached hydrogen (secondary N) is 2. The number of tetrazole rings is 1. The minimum Gasteiger partial charge on any atom is -0.447 e. The Balaban J connectivity index is 1.20. The summed E-state index contributed by atoms with van der Waals surface area (Å²) in [5, 5.41) is 13.0. The fourth-order valence-electron chi connectivity index (χ4n) is 3.61. The summed E-state index contributed by atoms with van der Waals surface area (Å²) in [6.45, 7) is 2.02. The number of hydrogen-bond acceptors (Lipinski definition) is 6. The summed E-state index contributed by atoms with van der Waals surface area (Å²) >= 11 is 0. The molecule has 35 heavy (non-hydrogen) atoms. The first-order chi connectivity index (χ1) is 17.0. The van der Waals surface area contributed by atoms with Crippen LogP contribution in [-0.2, 0) is 6.54 Å². The predicted octanol–water partition coefficient (Wildman–Crippen LogP) is 3.66. The highest BCUT2D eigenvalue weighted by molar-refractivity contribution is 6.01. The van der Waals surface area contributed by atoms with Gasteiger partial charge in [0, 0.05) is 22.1 Å². The molecule has 0 bridgehead atoms. The summed E-state index contributed by atoms with van der Waals surface area (Å²) in [7, 11) is 0. The minimum atomic E-state index is -0.686. The van der Waals surface area contributed by atoms with E-state index in [-0.39, 0.29) is 11.3 Å². The number of nitrogens with zero attached hydrogens (tertiary/aromatic N) is 4. The van der Waals surface area contributed by atoms with Gasteiger partial charge in [-0.25, -0.2) is 4.39 Å². The molecule has 5 aromatic rings. The molecule has 0 aliphatic rings. The predicted molar refractivity (Wildman–Crippen MR) is 125 cm³/mol. The van der Waals surface area contributed by atoms with Gasteiger partial charge in [0.2, 0.25) is 5.82 Å². The van der Waals surface area contributed by atoms with E-state index in [1.54, 1.807) is 37.3 Å². The van der Waals surface area contributed by atoms with E-state index in [0.717, 1.165) is 11.1 Å². The molecule has 0 spiro atoms. The Bertz CT molecular complexity index is 1530. The summed E-state index contributed by atoms with van der Waals surface area (Å²) in [5.74, 6) is -1.31. The van der Waals surface area contributed by atoms with E-state index in [2.05, 4.69) is 26.3 Å². The van der Waals surface area contributed by atoms with Gasteiger partial charge in [0.15, 0.2) is 17.2 Å². The van der Waals surface area contributed by atoms with Crippen molar-refractivity contribution in [3.05, 3.63) is 101 Å². The number of aryl methyl sites for hydroxylation is 1. The summed E-state index contributed by atoms with van der Waals surface area (Å²) < 4.78 is 19.3. The monoisotopic (exact) mass is 470 g/mol. The molecule has 0 saturated carbocycles. The molecule has 2 amide bonds. The highest BCUT2D eigenvalue weighted by atomic mass is 19.1. The Kier molecular flexibility index (Phi) is 5.76. The number of furan rings is 1. The number of rotatable bonds is 5. The van der Waals surface area contributed by atoms with Crippen molar-refractivity contribution in [3.8, 4) is 11.4 Å². The summed E-state index contributed by atoms with van der Waals surface area (Å²) in [6.07, 6.45) is 0. The Labute approximate surface area is 198 Å². The van der Waals surface area contributed by atoms with Crippen molar-refractivity contribution in [3.63, 3.8) is 0 Å². The van der Waals surface area contributed by atoms with E-state index in [0.29, 0.717) is 28.9 Å². The fraction of sp³-hybridized carbons (Fsp3) is 0.0800. The number of halogens is 1. The molecule has 0 unspecified atom stereocenters. The van der Waals surface area contributed by atoms with Gasteiger partial charge in [-0.1, -0.05) is 54.6 Å². The number of aromatic nitrogens is 4. The van der Waals surface area contributed by atoms with E-state index in [4.69, 9.17) is 4.42 Å². The molecule has 2 N–H and O–H groups in total.